The topological polar surface area (TPSA) is 52.9 Å². The van der Waals surface area contributed by atoms with Crippen molar-refractivity contribution >= 4 is 5.91 Å². The number of nitrogens with one attached hydrogen (secondary N) is 1. The zero-order chi connectivity index (χ0) is 13.7. The number of rotatable bonds is 3. The van der Waals surface area contributed by atoms with E-state index < -0.39 is 5.92 Å². The number of nitriles is 1. The second-order valence-electron chi connectivity index (χ2n) is 5.45. The summed E-state index contributed by atoms with van der Waals surface area (Å²) in [7, 11) is 0. The van der Waals surface area contributed by atoms with Gasteiger partial charge in [0.25, 0.3) is 0 Å². The van der Waals surface area contributed by atoms with Crippen LogP contribution in [0.4, 0.5) is 0 Å². The van der Waals surface area contributed by atoms with Crippen LogP contribution in [-0.2, 0) is 4.79 Å². The third-order valence-electron chi connectivity index (χ3n) is 3.81. The van der Waals surface area contributed by atoms with Crippen molar-refractivity contribution in [3.8, 4) is 6.07 Å². The second-order valence-corrected chi connectivity index (χ2v) is 5.45. The van der Waals surface area contributed by atoms with Crippen molar-refractivity contribution in [2.45, 2.75) is 44.6 Å². The molecule has 0 spiro atoms. The van der Waals surface area contributed by atoms with Gasteiger partial charge in [-0.15, -0.1) is 0 Å². The molecule has 0 saturated heterocycles. The molecule has 2 rings (SSSR count). The van der Waals surface area contributed by atoms with Gasteiger partial charge in [0.2, 0.25) is 5.91 Å². The molecule has 19 heavy (non-hydrogen) atoms. The average molecular weight is 256 g/mol. The molecule has 3 heteroatoms. The van der Waals surface area contributed by atoms with Gasteiger partial charge in [0.15, 0.2) is 0 Å². The van der Waals surface area contributed by atoms with Crippen molar-refractivity contribution in [3.05, 3.63) is 35.9 Å². The molecule has 1 saturated carbocycles. The summed E-state index contributed by atoms with van der Waals surface area (Å²) >= 11 is 0. The second kappa shape index (κ2) is 6.38. The molecule has 3 nitrogen and oxygen atoms in total. The molecule has 1 aromatic carbocycles. The zero-order valence-corrected chi connectivity index (χ0v) is 11.3. The van der Waals surface area contributed by atoms with Crippen LogP contribution in [0.15, 0.2) is 30.3 Å². The van der Waals surface area contributed by atoms with Gasteiger partial charge in [0.1, 0.15) is 5.92 Å². The van der Waals surface area contributed by atoms with Gasteiger partial charge in [-0.2, -0.15) is 5.26 Å². The van der Waals surface area contributed by atoms with Crippen molar-refractivity contribution in [1.82, 2.24) is 5.32 Å². The van der Waals surface area contributed by atoms with Crippen LogP contribution in [0.2, 0.25) is 0 Å². The minimum Gasteiger partial charge on any atom is -0.352 e. The fraction of sp³-hybridized carbons (Fsp3) is 0.500. The molecular weight excluding hydrogens is 236 g/mol. The Morgan fingerprint density at radius 3 is 2.74 bits per heavy atom. The van der Waals surface area contributed by atoms with Gasteiger partial charge in [-0.25, -0.2) is 0 Å². The summed E-state index contributed by atoms with van der Waals surface area (Å²) in [6.07, 6.45) is 4.46. The first kappa shape index (κ1) is 13.6. The van der Waals surface area contributed by atoms with Crippen LogP contribution in [0.25, 0.3) is 0 Å². The van der Waals surface area contributed by atoms with Crippen LogP contribution in [0.1, 0.15) is 44.1 Å². The smallest absolute Gasteiger partial charge is 0.242 e. The Labute approximate surface area is 114 Å². The average Bonchev–Trinajstić information content (AvgIpc) is 2.41. The lowest BCUT2D eigenvalue weighted by molar-refractivity contribution is -0.122. The van der Waals surface area contributed by atoms with Gasteiger partial charge in [-0.3, -0.25) is 4.79 Å². The Hall–Kier alpha value is -1.82. The number of nitrogens with zero attached hydrogens (tertiary/aromatic N) is 1. The molecule has 100 valence electrons. The largest absolute Gasteiger partial charge is 0.352 e. The van der Waals surface area contributed by atoms with Gasteiger partial charge in [0, 0.05) is 6.04 Å². The first-order valence-electron chi connectivity index (χ1n) is 6.95. The van der Waals surface area contributed by atoms with E-state index in [2.05, 4.69) is 18.3 Å². The highest BCUT2D eigenvalue weighted by Gasteiger charge is 2.25. The van der Waals surface area contributed by atoms with Gasteiger partial charge >= 0.3 is 0 Å². The molecule has 0 aromatic heterocycles. The molecule has 3 unspecified atom stereocenters. The molecule has 1 N–H and O–H groups in total. The molecular formula is C16H20N2O. The molecule has 0 bridgehead atoms. The summed E-state index contributed by atoms with van der Waals surface area (Å²) in [5, 5.41) is 12.3. The van der Waals surface area contributed by atoms with E-state index in [0.717, 1.165) is 24.8 Å². The van der Waals surface area contributed by atoms with Crippen LogP contribution in [0, 0.1) is 17.2 Å². The summed E-state index contributed by atoms with van der Waals surface area (Å²) < 4.78 is 0. The molecule has 1 fully saturated rings. The highest BCUT2D eigenvalue weighted by Crippen LogP contribution is 2.24. The van der Waals surface area contributed by atoms with E-state index in [4.69, 9.17) is 0 Å². The Bertz CT molecular complexity index is 463. The highest BCUT2D eigenvalue weighted by molar-refractivity contribution is 5.86. The van der Waals surface area contributed by atoms with Crippen molar-refractivity contribution in [3.63, 3.8) is 0 Å². The van der Waals surface area contributed by atoms with Crippen LogP contribution >= 0.6 is 0 Å². The van der Waals surface area contributed by atoms with E-state index in [1.165, 1.54) is 6.42 Å². The fourth-order valence-electron chi connectivity index (χ4n) is 2.78. The third-order valence-corrected chi connectivity index (χ3v) is 3.81. The van der Waals surface area contributed by atoms with E-state index in [1.807, 2.05) is 30.3 Å². The predicted molar refractivity (Wildman–Crippen MR) is 74.4 cm³/mol. The number of carbonyl (C=O) groups is 1. The standard InChI is InChI=1S/C16H20N2O/c1-12-6-5-9-14(10-12)18-16(19)15(11-17)13-7-3-2-4-8-13/h2-4,7-8,12,14-15H,5-6,9-10H2,1H3,(H,18,19). The number of hydrogen-bond donors (Lipinski definition) is 1. The normalized spacial score (nSPS) is 24.2. The van der Waals surface area contributed by atoms with Crippen LogP contribution in [0.3, 0.4) is 0 Å². The van der Waals surface area contributed by atoms with Crippen molar-refractivity contribution < 1.29 is 4.79 Å². The maximum Gasteiger partial charge on any atom is 0.242 e. The molecule has 0 aliphatic heterocycles. The molecule has 1 amide bonds. The predicted octanol–water partition coefficient (Wildman–Crippen LogP) is 2.99. The lowest BCUT2D eigenvalue weighted by Crippen LogP contribution is -2.40. The SMILES string of the molecule is CC1CCCC(NC(=O)C(C#N)c2ccccc2)C1. The molecule has 1 aliphatic rings. The Kier molecular flexibility index (Phi) is 4.57. The first-order valence-corrected chi connectivity index (χ1v) is 6.95. The Morgan fingerprint density at radius 2 is 2.11 bits per heavy atom. The van der Waals surface area contributed by atoms with E-state index in [1.54, 1.807) is 0 Å². The maximum absolute atomic E-state index is 12.2. The molecule has 0 radical (unpaired) electrons. The Morgan fingerprint density at radius 1 is 1.37 bits per heavy atom. The lowest BCUT2D eigenvalue weighted by atomic mass is 9.86. The lowest BCUT2D eigenvalue weighted by Gasteiger charge is -2.28. The quantitative estimate of drug-likeness (QED) is 0.903. The van der Waals surface area contributed by atoms with Crippen molar-refractivity contribution in [2.24, 2.45) is 5.92 Å². The minimum absolute atomic E-state index is 0.159. The maximum atomic E-state index is 12.2. The Balaban J connectivity index is 2.00. The molecule has 0 heterocycles. The van der Waals surface area contributed by atoms with E-state index >= 15 is 0 Å². The minimum atomic E-state index is -0.696. The molecule has 1 aliphatic carbocycles. The molecule has 1 aromatic rings. The van der Waals surface area contributed by atoms with Crippen LogP contribution in [0.5, 0.6) is 0 Å². The van der Waals surface area contributed by atoms with E-state index in [-0.39, 0.29) is 11.9 Å². The number of benzene rings is 1. The van der Waals surface area contributed by atoms with Gasteiger partial charge in [-0.05, 0) is 24.3 Å². The number of carbonyl (C=O) groups excluding carboxylic acids is 1. The number of amides is 1. The summed E-state index contributed by atoms with van der Waals surface area (Å²) in [4.78, 5) is 12.2. The zero-order valence-electron chi connectivity index (χ0n) is 11.3. The van der Waals surface area contributed by atoms with Crippen molar-refractivity contribution in [2.75, 3.05) is 0 Å². The van der Waals surface area contributed by atoms with E-state index in [0.29, 0.717) is 5.92 Å². The highest BCUT2D eigenvalue weighted by atomic mass is 16.1. The molecule has 3 atom stereocenters. The van der Waals surface area contributed by atoms with Crippen LogP contribution in [-0.4, -0.2) is 11.9 Å². The first-order chi connectivity index (χ1) is 9.20. The summed E-state index contributed by atoms with van der Waals surface area (Å²) in [5.74, 6) is -0.192. The van der Waals surface area contributed by atoms with Gasteiger partial charge in [-0.1, -0.05) is 50.1 Å². The number of hydrogen-bond acceptors (Lipinski definition) is 2. The monoisotopic (exact) mass is 256 g/mol. The van der Waals surface area contributed by atoms with Crippen LogP contribution < -0.4 is 5.32 Å². The summed E-state index contributed by atoms with van der Waals surface area (Å²) in [6, 6.07) is 11.6. The van der Waals surface area contributed by atoms with Crippen molar-refractivity contribution in [1.29, 1.82) is 5.26 Å². The van der Waals surface area contributed by atoms with Gasteiger partial charge < -0.3 is 5.32 Å². The summed E-state index contributed by atoms with van der Waals surface area (Å²) in [5.41, 5.74) is 0.770. The third kappa shape index (κ3) is 3.57. The summed E-state index contributed by atoms with van der Waals surface area (Å²) in [6.45, 7) is 2.22. The van der Waals surface area contributed by atoms with Gasteiger partial charge in [0.05, 0.1) is 6.07 Å². The van der Waals surface area contributed by atoms with E-state index in [9.17, 15) is 10.1 Å². The fourth-order valence-corrected chi connectivity index (χ4v) is 2.78.